The van der Waals surface area contributed by atoms with Crippen molar-refractivity contribution in [3.05, 3.63) is 53.3 Å². The number of halogens is 1. The maximum Gasteiger partial charge on any atom is 0.342 e. The number of hydrogen-bond acceptors (Lipinski definition) is 5. The van der Waals surface area contributed by atoms with Gasteiger partial charge in [-0.05, 0) is 48.7 Å². The molecule has 0 bridgehead atoms. The number of anilines is 1. The first-order valence-corrected chi connectivity index (χ1v) is 11.0. The van der Waals surface area contributed by atoms with Crippen LogP contribution >= 0.6 is 0 Å². The average molecular weight is 419 g/mol. The summed E-state index contributed by atoms with van der Waals surface area (Å²) in [7, 11) is -3.51. The molecule has 0 saturated heterocycles. The topological polar surface area (TPSA) is 85.6 Å². The van der Waals surface area contributed by atoms with E-state index in [-0.39, 0.29) is 23.8 Å². The van der Waals surface area contributed by atoms with Crippen LogP contribution in [0.2, 0.25) is 0 Å². The summed E-state index contributed by atoms with van der Waals surface area (Å²) in [6.45, 7) is 5.71. The zero-order valence-electron chi connectivity index (χ0n) is 16.6. The van der Waals surface area contributed by atoms with Gasteiger partial charge in [0.25, 0.3) is 0 Å². The summed E-state index contributed by atoms with van der Waals surface area (Å²) >= 11 is 0. The van der Waals surface area contributed by atoms with E-state index in [1.807, 2.05) is 13.8 Å². The molecule has 8 heteroatoms. The molecule has 0 aliphatic carbocycles. The first-order chi connectivity index (χ1) is 13.6. The van der Waals surface area contributed by atoms with Crippen molar-refractivity contribution in [1.82, 2.24) is 0 Å². The Balaban J connectivity index is 2.32. The molecule has 0 unspecified atom stereocenters. The van der Waals surface area contributed by atoms with Gasteiger partial charge in [-0.15, -0.1) is 0 Å². The number of carbonyl (C=O) groups is 1. The Morgan fingerprint density at radius 3 is 2.41 bits per heavy atom. The number of esters is 1. The lowest BCUT2D eigenvalue weighted by atomic mass is 9.97. The third-order valence-electron chi connectivity index (χ3n) is 4.36. The Hall–Kier alpha value is -2.87. The minimum atomic E-state index is -3.51. The summed E-state index contributed by atoms with van der Waals surface area (Å²) in [5.74, 6) is -0.763. The van der Waals surface area contributed by atoms with Gasteiger partial charge in [0.2, 0.25) is 10.0 Å². The van der Waals surface area contributed by atoms with Gasteiger partial charge in [-0.3, -0.25) is 4.72 Å². The summed E-state index contributed by atoms with van der Waals surface area (Å²) in [5.41, 5.74) is 2.14. The number of fused-ring (bicyclic) bond motifs is 1. The fourth-order valence-electron chi connectivity index (χ4n) is 3.14. The monoisotopic (exact) mass is 419 g/mol. The van der Waals surface area contributed by atoms with E-state index in [1.54, 1.807) is 19.1 Å². The molecule has 0 aliphatic rings. The minimum Gasteiger partial charge on any atom is -0.462 e. The number of furan rings is 1. The van der Waals surface area contributed by atoms with Crippen LogP contribution in [0, 0.1) is 5.82 Å². The van der Waals surface area contributed by atoms with E-state index >= 15 is 0 Å². The Morgan fingerprint density at radius 2 is 1.86 bits per heavy atom. The highest BCUT2D eigenvalue weighted by atomic mass is 32.2. The normalized spacial score (nSPS) is 11.8. The standard InChI is InChI=1S/C21H22FNO5S/c1-5-27-21(24)19-16-10-15(12(2)3)17(23-29(4,25)26)11-18(16)28-20(19)13-6-8-14(22)9-7-13/h6-12,23H,5H2,1-4H3. The Morgan fingerprint density at radius 1 is 1.21 bits per heavy atom. The zero-order valence-corrected chi connectivity index (χ0v) is 17.4. The maximum absolute atomic E-state index is 13.4. The molecule has 29 heavy (non-hydrogen) atoms. The van der Waals surface area contributed by atoms with E-state index < -0.39 is 21.8 Å². The number of hydrogen-bond donors (Lipinski definition) is 1. The average Bonchev–Trinajstić information content (AvgIpc) is 2.98. The minimum absolute atomic E-state index is 0.0251. The van der Waals surface area contributed by atoms with Gasteiger partial charge in [0.1, 0.15) is 22.7 Å². The quantitative estimate of drug-likeness (QED) is 0.574. The number of carbonyl (C=O) groups excluding carboxylic acids is 1. The SMILES string of the molecule is CCOC(=O)c1c(-c2ccc(F)cc2)oc2cc(NS(C)(=O)=O)c(C(C)C)cc12. The predicted molar refractivity (Wildman–Crippen MR) is 110 cm³/mol. The van der Waals surface area contributed by atoms with Gasteiger partial charge in [0.05, 0.1) is 18.6 Å². The van der Waals surface area contributed by atoms with Crippen molar-refractivity contribution < 1.29 is 26.8 Å². The molecule has 0 amide bonds. The first-order valence-electron chi connectivity index (χ1n) is 9.12. The summed E-state index contributed by atoms with van der Waals surface area (Å²) in [4.78, 5) is 12.7. The molecule has 0 spiro atoms. The van der Waals surface area contributed by atoms with Crippen LogP contribution < -0.4 is 4.72 Å². The van der Waals surface area contributed by atoms with E-state index in [0.29, 0.717) is 27.8 Å². The molecule has 2 aromatic carbocycles. The van der Waals surface area contributed by atoms with Crippen molar-refractivity contribution in [3.63, 3.8) is 0 Å². The van der Waals surface area contributed by atoms with Crippen LogP contribution in [0.1, 0.15) is 42.6 Å². The van der Waals surface area contributed by atoms with E-state index in [4.69, 9.17) is 9.15 Å². The summed E-state index contributed by atoms with van der Waals surface area (Å²) in [6, 6.07) is 8.85. The van der Waals surface area contributed by atoms with Crippen LogP contribution in [-0.4, -0.2) is 27.2 Å². The molecule has 3 rings (SSSR count). The lowest BCUT2D eigenvalue weighted by molar-refractivity contribution is 0.0528. The largest absolute Gasteiger partial charge is 0.462 e. The van der Waals surface area contributed by atoms with Crippen molar-refractivity contribution in [2.45, 2.75) is 26.7 Å². The van der Waals surface area contributed by atoms with E-state index in [2.05, 4.69) is 4.72 Å². The zero-order chi connectivity index (χ0) is 21.3. The van der Waals surface area contributed by atoms with Gasteiger partial charge in [0, 0.05) is 17.0 Å². The molecule has 0 atom stereocenters. The Labute approximate surface area is 168 Å². The van der Waals surface area contributed by atoms with Crippen LogP contribution in [0.3, 0.4) is 0 Å². The molecule has 3 aromatic rings. The second-order valence-corrected chi connectivity index (χ2v) is 8.75. The van der Waals surface area contributed by atoms with Crippen molar-refractivity contribution in [2.75, 3.05) is 17.6 Å². The van der Waals surface area contributed by atoms with Crippen LogP contribution in [0.5, 0.6) is 0 Å². The van der Waals surface area contributed by atoms with Gasteiger partial charge in [-0.25, -0.2) is 17.6 Å². The van der Waals surface area contributed by atoms with Gasteiger partial charge in [0.15, 0.2) is 0 Å². The van der Waals surface area contributed by atoms with Crippen LogP contribution in [0.25, 0.3) is 22.3 Å². The first kappa shape index (κ1) is 20.9. The van der Waals surface area contributed by atoms with E-state index in [9.17, 15) is 17.6 Å². The number of sulfonamides is 1. The van der Waals surface area contributed by atoms with Gasteiger partial charge in [-0.1, -0.05) is 13.8 Å². The molecule has 0 fully saturated rings. The summed E-state index contributed by atoms with van der Waals surface area (Å²) in [6.07, 6.45) is 1.07. The molecule has 6 nitrogen and oxygen atoms in total. The van der Waals surface area contributed by atoms with Gasteiger partial charge >= 0.3 is 5.97 Å². The fourth-order valence-corrected chi connectivity index (χ4v) is 3.71. The van der Waals surface area contributed by atoms with Crippen molar-refractivity contribution in [2.24, 2.45) is 0 Å². The number of ether oxygens (including phenoxy) is 1. The molecular weight excluding hydrogens is 397 g/mol. The number of benzene rings is 2. The lowest BCUT2D eigenvalue weighted by Gasteiger charge is -2.14. The molecule has 1 aromatic heterocycles. The number of rotatable bonds is 6. The van der Waals surface area contributed by atoms with Crippen molar-refractivity contribution in [1.29, 1.82) is 0 Å². The maximum atomic E-state index is 13.4. The predicted octanol–water partition coefficient (Wildman–Crippen LogP) is 4.91. The third-order valence-corrected chi connectivity index (χ3v) is 4.95. The molecule has 0 aliphatic heterocycles. The van der Waals surface area contributed by atoms with E-state index in [0.717, 1.165) is 6.26 Å². The summed E-state index contributed by atoms with van der Waals surface area (Å²) in [5, 5.41) is 0.505. The Kier molecular flexibility index (Phi) is 5.66. The fraction of sp³-hybridized carbons (Fsp3) is 0.286. The van der Waals surface area contributed by atoms with Crippen LogP contribution in [-0.2, 0) is 14.8 Å². The highest BCUT2D eigenvalue weighted by molar-refractivity contribution is 7.92. The summed E-state index contributed by atoms with van der Waals surface area (Å²) < 4.78 is 50.5. The van der Waals surface area contributed by atoms with Crippen molar-refractivity contribution in [3.8, 4) is 11.3 Å². The molecule has 0 saturated carbocycles. The highest BCUT2D eigenvalue weighted by Gasteiger charge is 2.25. The molecule has 1 heterocycles. The Bertz CT molecular complexity index is 1160. The second kappa shape index (κ2) is 7.87. The molecule has 0 radical (unpaired) electrons. The van der Waals surface area contributed by atoms with E-state index in [1.165, 1.54) is 24.3 Å². The number of nitrogens with one attached hydrogen (secondary N) is 1. The molecular formula is C21H22FNO5S. The third kappa shape index (κ3) is 4.42. The molecule has 154 valence electrons. The highest BCUT2D eigenvalue weighted by Crippen LogP contribution is 2.39. The van der Waals surface area contributed by atoms with Gasteiger partial charge in [-0.2, -0.15) is 0 Å². The van der Waals surface area contributed by atoms with Crippen molar-refractivity contribution >= 4 is 32.6 Å². The molecule has 1 N–H and O–H groups in total. The smallest absolute Gasteiger partial charge is 0.342 e. The van der Waals surface area contributed by atoms with Gasteiger partial charge < -0.3 is 9.15 Å². The van der Waals surface area contributed by atoms with Crippen LogP contribution in [0.15, 0.2) is 40.8 Å². The van der Waals surface area contributed by atoms with Crippen LogP contribution in [0.4, 0.5) is 10.1 Å². The second-order valence-electron chi connectivity index (χ2n) is 7.00. The lowest BCUT2D eigenvalue weighted by Crippen LogP contribution is -2.12.